The van der Waals surface area contributed by atoms with Gasteiger partial charge in [0, 0.05) is 6.61 Å². The average molecular weight is 230 g/mol. The first-order chi connectivity index (χ1) is 6.99. The van der Waals surface area contributed by atoms with Crippen LogP contribution in [0.4, 0.5) is 0 Å². The number of hydrogen-bond donors (Lipinski definition) is 0. The van der Waals surface area contributed by atoms with Crippen LogP contribution in [0.15, 0.2) is 12.7 Å². The summed E-state index contributed by atoms with van der Waals surface area (Å²) in [4.78, 5) is 11.3. The lowest BCUT2D eigenvalue weighted by atomic mass is 10.3. The quantitative estimate of drug-likeness (QED) is 0.475. The second-order valence-electron chi connectivity index (χ2n) is 3.68. The Morgan fingerprint density at radius 2 is 2.13 bits per heavy atom. The third kappa shape index (κ3) is 5.25. The Morgan fingerprint density at radius 3 is 2.53 bits per heavy atom. The van der Waals surface area contributed by atoms with Crippen LogP contribution in [0.1, 0.15) is 27.2 Å². The summed E-state index contributed by atoms with van der Waals surface area (Å²) >= 11 is 0. The Kier molecular flexibility index (Phi) is 6.72. The van der Waals surface area contributed by atoms with Gasteiger partial charge in [-0.1, -0.05) is 19.9 Å². The van der Waals surface area contributed by atoms with Crippen LogP contribution < -0.4 is 0 Å². The predicted molar refractivity (Wildman–Crippen MR) is 64.1 cm³/mol. The van der Waals surface area contributed by atoms with E-state index in [1.54, 1.807) is 6.92 Å². The summed E-state index contributed by atoms with van der Waals surface area (Å²) in [6.45, 7) is 11.9. The molecule has 0 bridgehead atoms. The topological polar surface area (TPSA) is 35.5 Å². The van der Waals surface area contributed by atoms with Gasteiger partial charge in [-0.15, -0.1) is 0 Å². The lowest BCUT2D eigenvalue weighted by molar-refractivity contribution is -0.121. The molecule has 2 unspecified atom stereocenters. The van der Waals surface area contributed by atoms with Crippen molar-refractivity contribution in [3.05, 3.63) is 12.7 Å². The molecule has 0 aromatic rings. The van der Waals surface area contributed by atoms with Gasteiger partial charge in [-0.05, 0) is 32.5 Å². The van der Waals surface area contributed by atoms with E-state index >= 15 is 0 Å². The zero-order valence-electron chi connectivity index (χ0n) is 10.2. The number of carbonyl (C=O) groups excluding carboxylic acids is 1. The monoisotopic (exact) mass is 230 g/mol. The van der Waals surface area contributed by atoms with Gasteiger partial charge < -0.3 is 8.85 Å². The molecule has 0 N–H and O–H groups in total. The number of ketones is 1. The summed E-state index contributed by atoms with van der Waals surface area (Å²) in [5.41, 5.74) is 0. The third-order valence-corrected chi connectivity index (χ3v) is 5.34. The highest BCUT2D eigenvalue weighted by molar-refractivity contribution is 6.66. The van der Waals surface area contributed by atoms with Crippen molar-refractivity contribution in [2.24, 2.45) is 0 Å². The van der Waals surface area contributed by atoms with Crippen molar-refractivity contribution in [2.75, 3.05) is 6.61 Å². The fourth-order valence-electron chi connectivity index (χ4n) is 1.52. The molecule has 88 valence electrons. The summed E-state index contributed by atoms with van der Waals surface area (Å²) in [6.07, 6.45) is 1.88. The Labute approximate surface area is 93.7 Å². The average Bonchev–Trinajstić information content (AvgIpc) is 2.16. The van der Waals surface area contributed by atoms with Crippen LogP contribution in [-0.2, 0) is 13.6 Å². The van der Waals surface area contributed by atoms with Crippen LogP contribution in [0.25, 0.3) is 0 Å². The fourth-order valence-corrected chi connectivity index (χ4v) is 4.24. The molecule has 4 heteroatoms. The molecule has 0 aromatic heterocycles. The number of rotatable bonds is 8. The van der Waals surface area contributed by atoms with E-state index in [9.17, 15) is 4.79 Å². The summed E-state index contributed by atoms with van der Waals surface area (Å²) in [5, 5.41) is 0. The van der Waals surface area contributed by atoms with Gasteiger partial charge in [0.05, 0.1) is 0 Å². The van der Waals surface area contributed by atoms with Crippen molar-refractivity contribution >= 4 is 14.3 Å². The Hall–Kier alpha value is -0.453. The van der Waals surface area contributed by atoms with Crippen LogP contribution >= 0.6 is 0 Å². The zero-order chi connectivity index (χ0) is 11.9. The first-order valence-electron chi connectivity index (χ1n) is 5.47. The van der Waals surface area contributed by atoms with Gasteiger partial charge in [-0.3, -0.25) is 4.79 Å². The van der Waals surface area contributed by atoms with Crippen molar-refractivity contribution in [1.82, 2.24) is 0 Å². The molecule has 0 radical (unpaired) electrons. The van der Waals surface area contributed by atoms with Crippen LogP contribution in [0, 0.1) is 0 Å². The molecular weight excluding hydrogens is 208 g/mol. The van der Waals surface area contributed by atoms with Crippen LogP contribution in [-0.4, -0.2) is 27.1 Å². The fraction of sp³-hybridized carbons (Fsp3) is 0.727. The summed E-state index contributed by atoms with van der Waals surface area (Å²) in [5.74, 6) is -0.0791. The Bertz CT molecular complexity index is 210. The second-order valence-corrected chi connectivity index (χ2v) is 6.98. The van der Waals surface area contributed by atoms with Crippen molar-refractivity contribution in [2.45, 2.75) is 45.9 Å². The summed E-state index contributed by atoms with van der Waals surface area (Å²) in [7, 11) is -2.16. The predicted octanol–water partition coefficient (Wildman–Crippen LogP) is 2.67. The summed E-state index contributed by atoms with van der Waals surface area (Å²) in [6, 6.07) is 0.912. The van der Waals surface area contributed by atoms with Crippen molar-refractivity contribution in [1.29, 1.82) is 0 Å². The molecule has 3 nitrogen and oxygen atoms in total. The molecular formula is C11H22O3Si. The van der Waals surface area contributed by atoms with Gasteiger partial charge in [0.2, 0.25) is 0 Å². The van der Waals surface area contributed by atoms with E-state index < -0.39 is 14.7 Å². The van der Waals surface area contributed by atoms with Gasteiger partial charge in [0.1, 0.15) is 6.10 Å². The van der Waals surface area contributed by atoms with E-state index in [-0.39, 0.29) is 5.78 Å². The first-order valence-corrected chi connectivity index (χ1v) is 7.99. The molecule has 0 rings (SSSR count). The van der Waals surface area contributed by atoms with Gasteiger partial charge in [-0.2, -0.15) is 0 Å². The minimum Gasteiger partial charge on any atom is -0.395 e. The van der Waals surface area contributed by atoms with Gasteiger partial charge in [0.15, 0.2) is 5.78 Å². The van der Waals surface area contributed by atoms with E-state index in [1.165, 1.54) is 6.08 Å². The molecule has 0 aliphatic heterocycles. The molecule has 2 atom stereocenters. The van der Waals surface area contributed by atoms with Crippen molar-refractivity contribution < 1.29 is 13.6 Å². The first kappa shape index (κ1) is 14.5. The highest BCUT2D eigenvalue weighted by Crippen LogP contribution is 2.18. The molecule has 15 heavy (non-hydrogen) atoms. The maximum Gasteiger partial charge on any atom is 0.335 e. The van der Waals surface area contributed by atoms with Gasteiger partial charge in [0.25, 0.3) is 0 Å². The molecule has 0 saturated heterocycles. The van der Waals surface area contributed by atoms with E-state index in [1.807, 2.05) is 13.5 Å². The maximum absolute atomic E-state index is 11.3. The van der Waals surface area contributed by atoms with E-state index in [2.05, 4.69) is 13.5 Å². The standard InChI is InChI=1S/C11H22O3Si/c1-6-9-15(5,13-8-3)14-10(4)11(12)7-2/h7,10H,2,6,8-9H2,1,3-5H3. The minimum absolute atomic E-state index is 0.0791. The zero-order valence-corrected chi connectivity index (χ0v) is 11.2. The van der Waals surface area contributed by atoms with E-state index in [4.69, 9.17) is 8.85 Å². The Balaban J connectivity index is 4.38. The Morgan fingerprint density at radius 1 is 1.53 bits per heavy atom. The minimum atomic E-state index is -2.16. The van der Waals surface area contributed by atoms with Gasteiger partial charge in [-0.25, -0.2) is 0 Å². The SMILES string of the molecule is C=CC(=O)C(C)O[Si](C)(CCC)OCC. The van der Waals surface area contributed by atoms with Crippen LogP contribution in [0.2, 0.25) is 12.6 Å². The van der Waals surface area contributed by atoms with Crippen LogP contribution in [0.5, 0.6) is 0 Å². The molecule has 0 heterocycles. The number of carbonyl (C=O) groups is 1. The van der Waals surface area contributed by atoms with Crippen LogP contribution in [0.3, 0.4) is 0 Å². The smallest absolute Gasteiger partial charge is 0.335 e. The molecule has 0 aliphatic rings. The maximum atomic E-state index is 11.3. The molecule has 0 aliphatic carbocycles. The van der Waals surface area contributed by atoms with Gasteiger partial charge >= 0.3 is 8.56 Å². The van der Waals surface area contributed by atoms with E-state index in [0.29, 0.717) is 6.61 Å². The van der Waals surface area contributed by atoms with Crippen molar-refractivity contribution in [3.63, 3.8) is 0 Å². The summed E-state index contributed by atoms with van der Waals surface area (Å²) < 4.78 is 11.4. The lowest BCUT2D eigenvalue weighted by Gasteiger charge is -2.28. The molecule has 0 saturated carbocycles. The normalized spacial score (nSPS) is 16.8. The molecule has 0 amide bonds. The highest BCUT2D eigenvalue weighted by atomic mass is 28.4. The molecule has 0 spiro atoms. The highest BCUT2D eigenvalue weighted by Gasteiger charge is 2.33. The lowest BCUT2D eigenvalue weighted by Crippen LogP contribution is -2.43. The number of hydrogen-bond acceptors (Lipinski definition) is 3. The third-order valence-electron chi connectivity index (χ3n) is 2.18. The molecule has 0 fully saturated rings. The van der Waals surface area contributed by atoms with Crippen molar-refractivity contribution in [3.8, 4) is 0 Å². The molecule has 0 aromatic carbocycles. The van der Waals surface area contributed by atoms with E-state index in [0.717, 1.165) is 12.5 Å². The largest absolute Gasteiger partial charge is 0.395 e. The second kappa shape index (κ2) is 6.93.